The Morgan fingerprint density at radius 1 is 0.696 bits per heavy atom. The molecule has 0 unspecified atom stereocenters. The molecule has 3 aromatic heterocycles. The van der Waals surface area contributed by atoms with Crippen LogP contribution in [0.3, 0.4) is 0 Å². The van der Waals surface area contributed by atoms with E-state index in [-0.39, 0.29) is 47.8 Å². The minimum atomic E-state index is -4.65. The first kappa shape index (κ1) is 31.6. The summed E-state index contributed by atoms with van der Waals surface area (Å²) in [7, 11) is 0. The van der Waals surface area contributed by atoms with Crippen molar-refractivity contribution in [2.75, 3.05) is 0 Å². The molecule has 0 amide bonds. The summed E-state index contributed by atoms with van der Waals surface area (Å²) in [6.07, 6.45) is -2.16. The summed E-state index contributed by atoms with van der Waals surface area (Å²) in [6, 6.07) is 28.7. The third kappa shape index (κ3) is 5.63. The molecule has 3 aromatic carbocycles. The number of hydrogen-bond acceptors (Lipinski definition) is 5. The van der Waals surface area contributed by atoms with E-state index < -0.39 is 11.9 Å². The predicted molar refractivity (Wildman–Crippen MR) is 169 cm³/mol. The molecular formula is C37H29F3IrN5-. The Morgan fingerprint density at radius 3 is 1.85 bits per heavy atom. The van der Waals surface area contributed by atoms with Crippen LogP contribution in [0.25, 0.3) is 56.3 Å². The number of alkyl halides is 3. The molecule has 233 valence electrons. The first-order valence-corrected chi connectivity index (χ1v) is 14.7. The van der Waals surface area contributed by atoms with Crippen LogP contribution < -0.4 is 0 Å². The second-order valence-electron chi connectivity index (χ2n) is 12.8. The van der Waals surface area contributed by atoms with E-state index in [4.69, 9.17) is 19.9 Å². The van der Waals surface area contributed by atoms with Crippen molar-refractivity contribution in [1.82, 2.24) is 24.9 Å². The third-order valence-corrected chi connectivity index (χ3v) is 8.51. The first-order valence-electron chi connectivity index (χ1n) is 14.7. The molecule has 0 fully saturated rings. The first-order chi connectivity index (χ1) is 21.4. The van der Waals surface area contributed by atoms with Gasteiger partial charge in [-0.05, 0) is 34.4 Å². The van der Waals surface area contributed by atoms with E-state index in [1.807, 2.05) is 66.7 Å². The summed E-state index contributed by atoms with van der Waals surface area (Å²) < 4.78 is 42.1. The number of nitrogens with zero attached hydrogens (tertiary/aromatic N) is 5. The maximum atomic E-state index is 14.0. The minimum absolute atomic E-state index is 0. The van der Waals surface area contributed by atoms with Crippen LogP contribution >= 0.6 is 0 Å². The second-order valence-corrected chi connectivity index (χ2v) is 12.8. The zero-order valence-corrected chi connectivity index (χ0v) is 28.0. The molecule has 0 spiro atoms. The van der Waals surface area contributed by atoms with Crippen LogP contribution in [0.15, 0.2) is 91.1 Å². The molecule has 0 saturated carbocycles. The number of aromatic nitrogens is 5. The van der Waals surface area contributed by atoms with Gasteiger partial charge in [0.1, 0.15) is 5.69 Å². The fourth-order valence-corrected chi connectivity index (χ4v) is 6.62. The van der Waals surface area contributed by atoms with Crippen molar-refractivity contribution in [2.45, 2.75) is 51.1 Å². The Morgan fingerprint density at radius 2 is 1.26 bits per heavy atom. The van der Waals surface area contributed by atoms with Crippen LogP contribution in [-0.4, -0.2) is 24.9 Å². The molecule has 0 atom stereocenters. The summed E-state index contributed by atoms with van der Waals surface area (Å²) in [5.74, 6) is 0.959. The summed E-state index contributed by atoms with van der Waals surface area (Å²) >= 11 is 0. The third-order valence-electron chi connectivity index (χ3n) is 8.51. The molecule has 0 saturated heterocycles. The standard InChI is InChI=1S/C37H29F3N5.Ir/c1-35(2)21-36(3,4)28-19-24(15-17-27(28)35)30-25-16-18-29(37(38,39)40)42-31(25)26(20-41-30)34-44-32(22-11-7-5-8-12-22)43-33(45-34)23-13-9-6-10-14-23;/h5-14,16-20H,21H2,1-4H3;/q-1;. The van der Waals surface area contributed by atoms with Gasteiger partial charge in [0.2, 0.25) is 0 Å². The normalized spacial score (nSPS) is 14.9. The van der Waals surface area contributed by atoms with E-state index in [0.717, 1.165) is 23.6 Å². The van der Waals surface area contributed by atoms with Crippen LogP contribution in [0.4, 0.5) is 13.2 Å². The van der Waals surface area contributed by atoms with Gasteiger partial charge in [0.15, 0.2) is 17.5 Å². The van der Waals surface area contributed by atoms with Crippen molar-refractivity contribution in [3.8, 4) is 45.4 Å². The fraction of sp³-hybridized carbons (Fsp3) is 0.216. The predicted octanol–water partition coefficient (Wildman–Crippen LogP) is 9.26. The molecular weight excluding hydrogens is 764 g/mol. The van der Waals surface area contributed by atoms with Crippen LogP contribution in [0.5, 0.6) is 0 Å². The quantitative estimate of drug-likeness (QED) is 0.167. The summed E-state index contributed by atoms with van der Waals surface area (Å²) in [5.41, 5.74) is 4.39. The molecule has 46 heavy (non-hydrogen) atoms. The Balaban J connectivity index is 0.00000372. The number of hydrogen-bond donors (Lipinski definition) is 0. The number of fused-ring (bicyclic) bond motifs is 2. The SMILES string of the molecule is CC1(C)CC(C)(C)c2cc(-c3ncc(-c4nc(-c5ccccc5)nc(-c5ccccc5)n4)c4nc(C(F)(F)F)ccc34)[c-]cc21.[Ir]. The van der Waals surface area contributed by atoms with Crippen LogP contribution in [0.2, 0.25) is 0 Å². The maximum absolute atomic E-state index is 14.0. The molecule has 1 radical (unpaired) electrons. The van der Waals surface area contributed by atoms with E-state index in [9.17, 15) is 13.2 Å². The van der Waals surface area contributed by atoms with Crippen molar-refractivity contribution < 1.29 is 33.3 Å². The van der Waals surface area contributed by atoms with Gasteiger partial charge in [-0.2, -0.15) is 13.2 Å². The van der Waals surface area contributed by atoms with Gasteiger partial charge in [-0.3, -0.25) is 0 Å². The molecule has 9 heteroatoms. The molecule has 5 nitrogen and oxygen atoms in total. The maximum Gasteiger partial charge on any atom is 0.433 e. The van der Waals surface area contributed by atoms with Crippen molar-refractivity contribution in [3.05, 3.63) is 114 Å². The van der Waals surface area contributed by atoms with Gasteiger partial charge in [-0.25, -0.2) is 19.9 Å². The van der Waals surface area contributed by atoms with Gasteiger partial charge in [0, 0.05) is 37.4 Å². The van der Waals surface area contributed by atoms with Crippen molar-refractivity contribution >= 4 is 10.9 Å². The Bertz CT molecular complexity index is 2020. The summed E-state index contributed by atoms with van der Waals surface area (Å²) in [5, 5.41) is 0.453. The van der Waals surface area contributed by atoms with E-state index in [2.05, 4.69) is 44.8 Å². The number of rotatable bonds is 4. The van der Waals surface area contributed by atoms with E-state index in [1.165, 1.54) is 23.4 Å². The van der Waals surface area contributed by atoms with Gasteiger partial charge < -0.3 is 4.98 Å². The van der Waals surface area contributed by atoms with E-state index >= 15 is 0 Å². The average molecular weight is 793 g/mol. The summed E-state index contributed by atoms with van der Waals surface area (Å²) in [4.78, 5) is 23.1. The molecule has 1 aliphatic rings. The molecule has 7 rings (SSSR count). The molecule has 1 aliphatic carbocycles. The molecule has 0 aliphatic heterocycles. The van der Waals surface area contributed by atoms with Crippen LogP contribution in [-0.2, 0) is 37.1 Å². The molecule has 6 aromatic rings. The van der Waals surface area contributed by atoms with Gasteiger partial charge in [-0.1, -0.05) is 94.4 Å². The van der Waals surface area contributed by atoms with Gasteiger partial charge >= 0.3 is 6.18 Å². The smallest absolute Gasteiger partial charge is 0.303 e. The molecule has 3 heterocycles. The number of benzene rings is 3. The van der Waals surface area contributed by atoms with Gasteiger partial charge in [-0.15, -0.1) is 34.9 Å². The van der Waals surface area contributed by atoms with Crippen molar-refractivity contribution in [1.29, 1.82) is 0 Å². The minimum Gasteiger partial charge on any atom is -0.303 e. The van der Waals surface area contributed by atoms with Crippen LogP contribution in [0, 0.1) is 6.07 Å². The Labute approximate surface area is 278 Å². The monoisotopic (exact) mass is 793 g/mol. The fourth-order valence-electron chi connectivity index (χ4n) is 6.62. The number of pyridine rings is 2. The zero-order chi connectivity index (χ0) is 31.6. The van der Waals surface area contributed by atoms with Gasteiger partial charge in [0.05, 0.1) is 11.1 Å². The van der Waals surface area contributed by atoms with E-state index in [1.54, 1.807) is 0 Å². The number of halogens is 3. The van der Waals surface area contributed by atoms with Gasteiger partial charge in [0.25, 0.3) is 0 Å². The topological polar surface area (TPSA) is 64.5 Å². The average Bonchev–Trinajstić information content (AvgIpc) is 3.22. The van der Waals surface area contributed by atoms with Crippen molar-refractivity contribution in [2.24, 2.45) is 0 Å². The second kappa shape index (κ2) is 11.5. The van der Waals surface area contributed by atoms with Crippen LogP contribution in [0.1, 0.15) is 50.9 Å². The zero-order valence-electron chi connectivity index (χ0n) is 25.6. The Kier molecular flexibility index (Phi) is 7.90. The largest absolute Gasteiger partial charge is 0.433 e. The Hall–Kier alpha value is -4.33. The molecule has 0 bridgehead atoms. The van der Waals surface area contributed by atoms with Crippen molar-refractivity contribution in [3.63, 3.8) is 0 Å². The van der Waals surface area contributed by atoms with E-state index in [0.29, 0.717) is 28.3 Å². The molecule has 0 N–H and O–H groups in total. The summed E-state index contributed by atoms with van der Waals surface area (Å²) in [6.45, 7) is 8.87.